The van der Waals surface area contributed by atoms with E-state index in [-0.39, 0.29) is 12.5 Å². The number of piperazine rings is 1. The number of nitrogens with one attached hydrogen (secondary N) is 1. The maximum atomic E-state index is 11.8. The number of aliphatic hydroxyl groups excluding tert-OH is 1. The quantitative estimate of drug-likeness (QED) is 0.581. The zero-order chi connectivity index (χ0) is 11.8. The van der Waals surface area contributed by atoms with Crippen LogP contribution in [0.5, 0.6) is 0 Å². The maximum absolute atomic E-state index is 11.8. The van der Waals surface area contributed by atoms with Gasteiger partial charge in [0.2, 0.25) is 5.91 Å². The van der Waals surface area contributed by atoms with Crippen LogP contribution in [0.15, 0.2) is 0 Å². The van der Waals surface area contributed by atoms with Crippen LogP contribution in [0.1, 0.15) is 12.8 Å². The summed E-state index contributed by atoms with van der Waals surface area (Å²) in [6.45, 7) is 5.05. The lowest BCUT2D eigenvalue weighted by molar-refractivity contribution is -0.132. The first-order chi connectivity index (χ1) is 7.74. The van der Waals surface area contributed by atoms with Crippen LogP contribution < -0.4 is 5.32 Å². The van der Waals surface area contributed by atoms with E-state index >= 15 is 0 Å². The molecule has 1 rings (SSSR count). The monoisotopic (exact) mass is 229 g/mol. The molecule has 5 nitrogen and oxygen atoms in total. The highest BCUT2D eigenvalue weighted by molar-refractivity contribution is 5.78. The van der Waals surface area contributed by atoms with Gasteiger partial charge >= 0.3 is 0 Å². The summed E-state index contributed by atoms with van der Waals surface area (Å²) in [7, 11) is 1.96. The van der Waals surface area contributed by atoms with E-state index in [1.54, 1.807) is 0 Å². The molecule has 1 saturated heterocycles. The Morgan fingerprint density at radius 1 is 1.38 bits per heavy atom. The SMILES string of the molecule is CN(CCCCO)CC(=O)N1CCNCC1. The van der Waals surface area contributed by atoms with Crippen molar-refractivity contribution < 1.29 is 9.90 Å². The first-order valence-corrected chi connectivity index (χ1v) is 6.02. The molecule has 0 bridgehead atoms. The van der Waals surface area contributed by atoms with Gasteiger partial charge in [-0.2, -0.15) is 0 Å². The number of amides is 1. The second-order valence-corrected chi connectivity index (χ2v) is 4.30. The topological polar surface area (TPSA) is 55.8 Å². The highest BCUT2D eigenvalue weighted by Crippen LogP contribution is 1.97. The normalized spacial score (nSPS) is 16.8. The molecule has 0 aromatic rings. The average molecular weight is 229 g/mol. The molecule has 0 unspecified atom stereocenters. The van der Waals surface area contributed by atoms with Crippen LogP contribution >= 0.6 is 0 Å². The van der Waals surface area contributed by atoms with Crippen LogP contribution in [-0.4, -0.2) is 73.7 Å². The predicted molar refractivity (Wildman–Crippen MR) is 63.3 cm³/mol. The fraction of sp³-hybridized carbons (Fsp3) is 0.909. The molecule has 1 aliphatic heterocycles. The second-order valence-electron chi connectivity index (χ2n) is 4.30. The zero-order valence-electron chi connectivity index (χ0n) is 10.1. The third kappa shape index (κ3) is 4.92. The number of hydrogen-bond acceptors (Lipinski definition) is 4. The molecule has 0 aromatic carbocycles. The number of hydrogen-bond donors (Lipinski definition) is 2. The van der Waals surface area contributed by atoms with Crippen molar-refractivity contribution in [2.75, 3.05) is 52.9 Å². The van der Waals surface area contributed by atoms with E-state index in [1.807, 2.05) is 16.8 Å². The molecule has 1 amide bonds. The lowest BCUT2D eigenvalue weighted by Gasteiger charge is -2.29. The van der Waals surface area contributed by atoms with E-state index in [0.29, 0.717) is 6.54 Å². The lowest BCUT2D eigenvalue weighted by Crippen LogP contribution is -2.49. The van der Waals surface area contributed by atoms with Crippen molar-refractivity contribution in [1.82, 2.24) is 15.1 Å². The van der Waals surface area contributed by atoms with E-state index in [2.05, 4.69) is 5.32 Å². The van der Waals surface area contributed by atoms with E-state index < -0.39 is 0 Å². The minimum atomic E-state index is 0.216. The van der Waals surface area contributed by atoms with Gasteiger partial charge < -0.3 is 15.3 Å². The maximum Gasteiger partial charge on any atom is 0.236 e. The summed E-state index contributed by atoms with van der Waals surface area (Å²) in [5.74, 6) is 0.216. The zero-order valence-corrected chi connectivity index (χ0v) is 10.1. The number of carbonyl (C=O) groups is 1. The summed E-state index contributed by atoms with van der Waals surface area (Å²) in [6.07, 6.45) is 1.76. The van der Waals surface area contributed by atoms with Crippen molar-refractivity contribution >= 4 is 5.91 Å². The Hall–Kier alpha value is -0.650. The van der Waals surface area contributed by atoms with Gasteiger partial charge in [-0.1, -0.05) is 0 Å². The number of aliphatic hydroxyl groups is 1. The number of likely N-dealkylation sites (N-methyl/N-ethyl adjacent to an activating group) is 1. The smallest absolute Gasteiger partial charge is 0.236 e. The van der Waals surface area contributed by atoms with Gasteiger partial charge in [-0.15, -0.1) is 0 Å². The fourth-order valence-electron chi connectivity index (χ4n) is 1.82. The van der Waals surface area contributed by atoms with E-state index in [0.717, 1.165) is 45.6 Å². The Bertz CT molecular complexity index is 205. The number of rotatable bonds is 6. The molecule has 1 heterocycles. The minimum Gasteiger partial charge on any atom is -0.396 e. The van der Waals surface area contributed by atoms with Gasteiger partial charge in [-0.3, -0.25) is 9.69 Å². The first kappa shape index (κ1) is 13.4. The Balaban J connectivity index is 2.16. The Morgan fingerprint density at radius 3 is 2.69 bits per heavy atom. The van der Waals surface area contributed by atoms with Gasteiger partial charge in [-0.25, -0.2) is 0 Å². The van der Waals surface area contributed by atoms with Crippen molar-refractivity contribution in [2.24, 2.45) is 0 Å². The van der Waals surface area contributed by atoms with E-state index in [1.165, 1.54) is 0 Å². The molecular weight excluding hydrogens is 206 g/mol. The molecule has 94 valence electrons. The molecule has 0 spiro atoms. The number of unbranched alkanes of at least 4 members (excludes halogenated alkanes) is 1. The molecule has 16 heavy (non-hydrogen) atoms. The summed E-state index contributed by atoms with van der Waals surface area (Å²) in [5.41, 5.74) is 0. The summed E-state index contributed by atoms with van der Waals surface area (Å²) >= 11 is 0. The largest absolute Gasteiger partial charge is 0.396 e. The Morgan fingerprint density at radius 2 is 2.06 bits per heavy atom. The highest BCUT2D eigenvalue weighted by atomic mass is 16.2. The van der Waals surface area contributed by atoms with Gasteiger partial charge in [0.05, 0.1) is 6.54 Å². The average Bonchev–Trinajstić information content (AvgIpc) is 2.30. The first-order valence-electron chi connectivity index (χ1n) is 6.02. The van der Waals surface area contributed by atoms with Crippen molar-refractivity contribution in [3.05, 3.63) is 0 Å². The molecule has 5 heteroatoms. The summed E-state index contributed by atoms with van der Waals surface area (Å²) < 4.78 is 0. The Labute approximate surface area is 97.4 Å². The standard InChI is InChI=1S/C11H23N3O2/c1-13(6-2-3-9-15)10-11(16)14-7-4-12-5-8-14/h12,15H,2-10H2,1H3. The molecule has 2 N–H and O–H groups in total. The van der Waals surface area contributed by atoms with Gasteiger partial charge in [0, 0.05) is 32.8 Å². The molecule has 0 aliphatic carbocycles. The number of carbonyl (C=O) groups excluding carboxylic acids is 1. The molecule has 1 fully saturated rings. The van der Waals surface area contributed by atoms with Crippen molar-refractivity contribution in [2.45, 2.75) is 12.8 Å². The van der Waals surface area contributed by atoms with Crippen LogP contribution in [0, 0.1) is 0 Å². The van der Waals surface area contributed by atoms with Crippen LogP contribution in [0.3, 0.4) is 0 Å². The van der Waals surface area contributed by atoms with Crippen LogP contribution in [0.2, 0.25) is 0 Å². The molecule has 1 aliphatic rings. The van der Waals surface area contributed by atoms with Gasteiger partial charge in [0.15, 0.2) is 0 Å². The molecule has 0 saturated carbocycles. The lowest BCUT2D eigenvalue weighted by atomic mass is 10.3. The molecular formula is C11H23N3O2. The van der Waals surface area contributed by atoms with Gasteiger partial charge in [0.1, 0.15) is 0 Å². The van der Waals surface area contributed by atoms with Crippen molar-refractivity contribution in [3.63, 3.8) is 0 Å². The van der Waals surface area contributed by atoms with Crippen molar-refractivity contribution in [3.8, 4) is 0 Å². The van der Waals surface area contributed by atoms with Crippen LogP contribution in [0.25, 0.3) is 0 Å². The third-order valence-electron chi connectivity index (χ3n) is 2.82. The highest BCUT2D eigenvalue weighted by Gasteiger charge is 2.16. The third-order valence-corrected chi connectivity index (χ3v) is 2.82. The molecule has 0 atom stereocenters. The summed E-state index contributed by atoms with van der Waals surface area (Å²) in [5, 5.41) is 11.9. The molecule has 0 radical (unpaired) electrons. The van der Waals surface area contributed by atoms with Crippen LogP contribution in [0.4, 0.5) is 0 Å². The molecule has 0 aromatic heterocycles. The number of nitrogens with zero attached hydrogens (tertiary/aromatic N) is 2. The van der Waals surface area contributed by atoms with Crippen LogP contribution in [-0.2, 0) is 4.79 Å². The summed E-state index contributed by atoms with van der Waals surface area (Å²) in [4.78, 5) is 15.8. The second kappa shape index (κ2) is 7.60. The van der Waals surface area contributed by atoms with Crippen molar-refractivity contribution in [1.29, 1.82) is 0 Å². The van der Waals surface area contributed by atoms with E-state index in [9.17, 15) is 4.79 Å². The van der Waals surface area contributed by atoms with Gasteiger partial charge in [-0.05, 0) is 26.4 Å². The van der Waals surface area contributed by atoms with E-state index in [4.69, 9.17) is 5.11 Å². The summed E-state index contributed by atoms with van der Waals surface area (Å²) in [6, 6.07) is 0. The minimum absolute atomic E-state index is 0.216. The fourth-order valence-corrected chi connectivity index (χ4v) is 1.82. The Kier molecular flexibility index (Phi) is 6.37. The predicted octanol–water partition coefficient (Wildman–Crippen LogP) is -0.877. The van der Waals surface area contributed by atoms with Gasteiger partial charge in [0.25, 0.3) is 0 Å².